The first kappa shape index (κ1) is 23.8. The van der Waals surface area contributed by atoms with Crippen molar-refractivity contribution in [2.75, 3.05) is 12.4 Å². The maximum absolute atomic E-state index is 14.8. The summed E-state index contributed by atoms with van der Waals surface area (Å²) in [5, 5.41) is 13.0. The van der Waals surface area contributed by atoms with E-state index in [4.69, 9.17) is 16.3 Å². The zero-order valence-corrected chi connectivity index (χ0v) is 19.9. The summed E-state index contributed by atoms with van der Waals surface area (Å²) in [6.45, 7) is 0. The monoisotopic (exact) mass is 506 g/mol. The van der Waals surface area contributed by atoms with Crippen LogP contribution in [0.15, 0.2) is 66.9 Å². The minimum absolute atomic E-state index is 0.0331. The van der Waals surface area contributed by atoms with Gasteiger partial charge in [0.25, 0.3) is 0 Å². The van der Waals surface area contributed by atoms with Gasteiger partial charge < -0.3 is 15.2 Å². The van der Waals surface area contributed by atoms with Crippen molar-refractivity contribution in [2.45, 2.75) is 18.8 Å². The molecule has 0 radical (unpaired) electrons. The summed E-state index contributed by atoms with van der Waals surface area (Å²) in [7, 11) is 1.41. The van der Waals surface area contributed by atoms with Gasteiger partial charge in [0.1, 0.15) is 28.8 Å². The normalized spacial score (nSPS) is 14.4. The highest BCUT2D eigenvalue weighted by Gasteiger charge is 2.28. The van der Waals surface area contributed by atoms with Gasteiger partial charge in [-0.1, -0.05) is 23.7 Å². The molecule has 0 saturated carbocycles. The number of carbonyl (C=O) groups is 1. The molecule has 0 spiro atoms. The number of carboxylic acids is 1. The molecular formula is C28H21ClF2N2O3. The van der Waals surface area contributed by atoms with Gasteiger partial charge >= 0.3 is 5.97 Å². The van der Waals surface area contributed by atoms with Crippen LogP contribution in [0.5, 0.6) is 5.75 Å². The summed E-state index contributed by atoms with van der Waals surface area (Å²) in [5.41, 5.74) is 4.08. The van der Waals surface area contributed by atoms with E-state index in [0.29, 0.717) is 29.4 Å². The number of hydrogen-bond acceptors (Lipinski definition) is 4. The lowest BCUT2D eigenvalue weighted by Gasteiger charge is -2.20. The molecule has 8 heteroatoms. The van der Waals surface area contributed by atoms with Gasteiger partial charge in [-0.3, -0.25) is 0 Å². The average Bonchev–Trinajstić information content (AvgIpc) is 3.00. The highest BCUT2D eigenvalue weighted by atomic mass is 35.5. The molecule has 0 bridgehead atoms. The largest absolute Gasteiger partial charge is 0.496 e. The van der Waals surface area contributed by atoms with Gasteiger partial charge in [-0.15, -0.1) is 0 Å². The summed E-state index contributed by atoms with van der Waals surface area (Å²) in [4.78, 5) is 15.9. The smallest absolute Gasteiger partial charge is 0.339 e. The Morgan fingerprint density at radius 2 is 1.86 bits per heavy atom. The molecule has 182 valence electrons. The molecule has 1 atom stereocenters. The van der Waals surface area contributed by atoms with Gasteiger partial charge in [0, 0.05) is 34.5 Å². The SMILES string of the molecule is COc1cc(Nc2cc3c(cn2)CCC(c2c(F)cccc2F)c2cc(Cl)ccc2-3)ccc1C(=O)O. The van der Waals surface area contributed by atoms with E-state index in [1.807, 2.05) is 12.1 Å². The van der Waals surface area contributed by atoms with Gasteiger partial charge in [-0.2, -0.15) is 0 Å². The van der Waals surface area contributed by atoms with Crippen LogP contribution in [0, 0.1) is 11.6 Å². The highest BCUT2D eigenvalue weighted by molar-refractivity contribution is 6.30. The Kier molecular flexibility index (Phi) is 6.33. The predicted molar refractivity (Wildman–Crippen MR) is 134 cm³/mol. The fourth-order valence-corrected chi connectivity index (χ4v) is 4.94. The van der Waals surface area contributed by atoms with E-state index in [1.165, 1.54) is 31.4 Å². The Bertz CT molecular complexity index is 1470. The van der Waals surface area contributed by atoms with Crippen LogP contribution in [0.4, 0.5) is 20.3 Å². The summed E-state index contributed by atoms with van der Waals surface area (Å²) in [5.74, 6) is -2.03. The van der Waals surface area contributed by atoms with Crippen LogP contribution < -0.4 is 10.1 Å². The Morgan fingerprint density at radius 3 is 2.58 bits per heavy atom. The van der Waals surface area contributed by atoms with Gasteiger partial charge in [-0.25, -0.2) is 18.6 Å². The molecular weight excluding hydrogens is 486 g/mol. The first-order chi connectivity index (χ1) is 17.4. The summed E-state index contributed by atoms with van der Waals surface area (Å²) in [6, 6.07) is 15.8. The molecule has 0 saturated heterocycles. The van der Waals surface area contributed by atoms with Crippen molar-refractivity contribution in [3.63, 3.8) is 0 Å². The quantitative estimate of drug-likeness (QED) is 0.299. The third-order valence-electron chi connectivity index (χ3n) is 6.42. The topological polar surface area (TPSA) is 71.5 Å². The summed E-state index contributed by atoms with van der Waals surface area (Å²) >= 11 is 6.33. The number of carboxylic acid groups (broad SMARTS) is 1. The Labute approximate surface area is 211 Å². The average molecular weight is 507 g/mol. The molecule has 0 fully saturated rings. The summed E-state index contributed by atoms with van der Waals surface area (Å²) < 4.78 is 34.8. The van der Waals surface area contributed by atoms with Gasteiger partial charge in [0.15, 0.2) is 0 Å². The number of aromatic nitrogens is 1. The van der Waals surface area contributed by atoms with E-state index >= 15 is 0 Å². The van der Waals surface area contributed by atoms with Crippen LogP contribution in [0.3, 0.4) is 0 Å². The molecule has 5 rings (SSSR count). The van der Waals surface area contributed by atoms with Crippen LogP contribution in [0.2, 0.25) is 5.02 Å². The molecule has 36 heavy (non-hydrogen) atoms. The van der Waals surface area contributed by atoms with Gasteiger partial charge in [0.2, 0.25) is 0 Å². The Morgan fingerprint density at radius 1 is 1.08 bits per heavy atom. The Balaban J connectivity index is 1.58. The molecule has 1 aliphatic rings. The standard InChI is InChI=1S/C28H21ClF2N2O3/c1-36-25-12-17(7-10-20(25)28(34)35)33-26-13-21-15(14-32-26)5-8-19(22-11-16(29)6-9-18(21)22)27-23(30)3-2-4-24(27)31/h2-4,6-7,9-14,19H,5,8H2,1H3,(H,32,33)(H,34,35). The van der Waals surface area contributed by atoms with Crippen molar-refractivity contribution in [1.29, 1.82) is 0 Å². The molecule has 0 amide bonds. The molecule has 5 nitrogen and oxygen atoms in total. The number of aryl methyl sites for hydroxylation is 1. The summed E-state index contributed by atoms with van der Waals surface area (Å²) in [6.07, 6.45) is 2.80. The van der Waals surface area contributed by atoms with Crippen LogP contribution in [-0.4, -0.2) is 23.2 Å². The number of halogens is 3. The Hall–Kier alpha value is -3.97. The van der Waals surface area contributed by atoms with Crippen molar-refractivity contribution < 1.29 is 23.4 Å². The number of ether oxygens (including phenoxy) is 1. The fourth-order valence-electron chi connectivity index (χ4n) is 4.76. The lowest BCUT2D eigenvalue weighted by atomic mass is 9.85. The number of methoxy groups -OCH3 is 1. The minimum Gasteiger partial charge on any atom is -0.496 e. The number of pyridine rings is 1. The van der Waals surface area contributed by atoms with Gasteiger partial charge in [-0.05, 0) is 77.6 Å². The lowest BCUT2D eigenvalue weighted by Crippen LogP contribution is -2.07. The van der Waals surface area contributed by atoms with Crippen LogP contribution in [0.25, 0.3) is 11.1 Å². The van der Waals surface area contributed by atoms with Crippen LogP contribution in [-0.2, 0) is 6.42 Å². The number of nitrogens with zero attached hydrogens (tertiary/aromatic N) is 1. The second-order valence-corrected chi connectivity index (χ2v) is 8.97. The van der Waals surface area contributed by atoms with Gasteiger partial charge in [0.05, 0.1) is 7.11 Å². The number of hydrogen-bond donors (Lipinski definition) is 2. The maximum atomic E-state index is 14.8. The van der Waals surface area contributed by atoms with E-state index in [2.05, 4.69) is 10.3 Å². The predicted octanol–water partition coefficient (Wildman–Crippen LogP) is 7.21. The van der Waals surface area contributed by atoms with Crippen molar-refractivity contribution in [3.05, 3.63) is 106 Å². The minimum atomic E-state index is -1.09. The first-order valence-corrected chi connectivity index (χ1v) is 11.6. The van der Waals surface area contributed by atoms with Crippen molar-refractivity contribution in [3.8, 4) is 16.9 Å². The molecule has 2 N–H and O–H groups in total. The number of fused-ring (bicyclic) bond motifs is 3. The third-order valence-corrected chi connectivity index (χ3v) is 6.66. The number of aromatic carboxylic acids is 1. The molecule has 3 aromatic carbocycles. The second kappa shape index (κ2) is 9.59. The zero-order chi connectivity index (χ0) is 25.4. The molecule has 1 heterocycles. The molecule has 4 aromatic rings. The number of nitrogens with one attached hydrogen (secondary N) is 1. The fraction of sp³-hybridized carbons (Fsp3) is 0.143. The highest BCUT2D eigenvalue weighted by Crippen LogP contribution is 2.44. The van der Waals surface area contributed by atoms with Crippen LogP contribution in [0.1, 0.15) is 39.4 Å². The van der Waals surface area contributed by atoms with E-state index in [1.54, 1.807) is 30.5 Å². The number of rotatable bonds is 5. The van der Waals surface area contributed by atoms with E-state index in [9.17, 15) is 18.7 Å². The zero-order valence-electron chi connectivity index (χ0n) is 19.2. The molecule has 1 aliphatic carbocycles. The maximum Gasteiger partial charge on any atom is 0.339 e. The number of anilines is 2. The van der Waals surface area contributed by atoms with Crippen molar-refractivity contribution in [2.24, 2.45) is 0 Å². The van der Waals surface area contributed by atoms with Crippen molar-refractivity contribution >= 4 is 29.1 Å². The molecule has 0 aliphatic heterocycles. The number of benzene rings is 3. The first-order valence-electron chi connectivity index (χ1n) is 11.3. The third kappa shape index (κ3) is 4.38. The van der Waals surface area contributed by atoms with Crippen LogP contribution >= 0.6 is 11.6 Å². The second-order valence-electron chi connectivity index (χ2n) is 8.53. The molecule has 1 aromatic heterocycles. The van der Waals surface area contributed by atoms with Crippen molar-refractivity contribution in [1.82, 2.24) is 4.98 Å². The lowest BCUT2D eigenvalue weighted by molar-refractivity contribution is 0.0693. The van der Waals surface area contributed by atoms with E-state index < -0.39 is 23.5 Å². The molecule has 1 unspecified atom stereocenters. The van der Waals surface area contributed by atoms with E-state index in [0.717, 1.165) is 22.3 Å². The van der Waals surface area contributed by atoms with E-state index in [-0.39, 0.29) is 16.9 Å².